The molecule has 2 atom stereocenters. The van der Waals surface area contributed by atoms with Gasteiger partial charge in [0.15, 0.2) is 0 Å². The van der Waals surface area contributed by atoms with Gasteiger partial charge in [-0.3, -0.25) is 9.59 Å². The molecular formula is C10H19O5P. The minimum absolute atomic E-state index is 0.0934. The number of carboxylic acids is 2. The second-order valence-corrected chi connectivity index (χ2v) is 5.56. The van der Waals surface area contributed by atoms with Crippen LogP contribution in [-0.4, -0.2) is 39.4 Å². The molecule has 0 radical (unpaired) electrons. The van der Waals surface area contributed by atoms with Crippen LogP contribution in [0.3, 0.4) is 0 Å². The summed E-state index contributed by atoms with van der Waals surface area (Å²) >= 11 is 0. The molecule has 0 aromatic heterocycles. The second-order valence-electron chi connectivity index (χ2n) is 3.73. The first-order valence-corrected chi connectivity index (χ1v) is 7.02. The number of rotatable bonds is 9. The Morgan fingerprint density at radius 3 is 2.38 bits per heavy atom. The van der Waals surface area contributed by atoms with Crippen LogP contribution in [0.4, 0.5) is 0 Å². The summed E-state index contributed by atoms with van der Waals surface area (Å²) in [6.07, 6.45) is 2.63. The highest BCUT2D eigenvalue weighted by atomic mass is 31.1. The van der Waals surface area contributed by atoms with Gasteiger partial charge in [0.25, 0.3) is 0 Å². The number of carboxylic acid groups (broad SMARTS) is 2. The van der Waals surface area contributed by atoms with E-state index in [-0.39, 0.29) is 19.0 Å². The zero-order chi connectivity index (χ0) is 12.6. The maximum absolute atomic E-state index is 10.8. The summed E-state index contributed by atoms with van der Waals surface area (Å²) < 4.78 is 0. The van der Waals surface area contributed by atoms with Gasteiger partial charge in [-0.05, 0) is 19.0 Å². The largest absolute Gasteiger partial charge is 0.481 e. The summed E-state index contributed by atoms with van der Waals surface area (Å²) in [4.78, 5) is 30.8. The van der Waals surface area contributed by atoms with Gasteiger partial charge in [0.05, 0.1) is 5.92 Å². The van der Waals surface area contributed by atoms with Crippen molar-refractivity contribution in [3.05, 3.63) is 0 Å². The molecule has 6 heteroatoms. The highest BCUT2D eigenvalue weighted by Gasteiger charge is 2.22. The molecule has 0 aliphatic rings. The van der Waals surface area contributed by atoms with Crippen molar-refractivity contribution in [2.24, 2.45) is 5.92 Å². The normalized spacial score (nSPS) is 14.4. The number of carbonyl (C=O) groups is 2. The van der Waals surface area contributed by atoms with E-state index < -0.39 is 26.0 Å². The number of aliphatic carboxylic acids is 2. The lowest BCUT2D eigenvalue weighted by molar-refractivity contribution is -0.142. The Hall–Kier alpha value is -0.670. The maximum atomic E-state index is 10.8. The van der Waals surface area contributed by atoms with Crippen molar-refractivity contribution in [2.75, 3.05) is 12.3 Å². The summed E-state index contributed by atoms with van der Waals surface area (Å²) in [5.41, 5.74) is 0. The molecule has 0 rings (SSSR count). The summed E-state index contributed by atoms with van der Waals surface area (Å²) in [7, 11) is -1.26. The first-order valence-electron chi connectivity index (χ1n) is 5.35. The molecule has 0 bridgehead atoms. The average molecular weight is 250 g/mol. The van der Waals surface area contributed by atoms with E-state index in [9.17, 15) is 14.5 Å². The summed E-state index contributed by atoms with van der Waals surface area (Å²) in [5.74, 6) is -2.74. The van der Waals surface area contributed by atoms with E-state index in [1.165, 1.54) is 0 Å². The highest BCUT2D eigenvalue weighted by Crippen LogP contribution is 2.35. The van der Waals surface area contributed by atoms with Crippen LogP contribution in [0, 0.1) is 5.92 Å². The standard InChI is InChI=1S/C10H19O5P/c1-2-3-6-16(15)7-8(10(13)14)4-5-9(11)12/h8,15H,2-7H2,1H3,(H,11,12)(H,13,14). The van der Waals surface area contributed by atoms with Gasteiger partial charge in [-0.1, -0.05) is 13.3 Å². The van der Waals surface area contributed by atoms with Crippen LogP contribution in [0.2, 0.25) is 0 Å². The highest BCUT2D eigenvalue weighted by molar-refractivity contribution is 7.51. The second kappa shape index (κ2) is 8.48. The third kappa shape index (κ3) is 7.60. The SMILES string of the molecule is CCCCP(O)CC(CCC(=O)O)C(=O)O. The first kappa shape index (κ1) is 15.3. The third-order valence-electron chi connectivity index (χ3n) is 2.26. The van der Waals surface area contributed by atoms with Crippen LogP contribution in [0.5, 0.6) is 0 Å². The molecule has 5 nitrogen and oxygen atoms in total. The van der Waals surface area contributed by atoms with Crippen LogP contribution >= 0.6 is 8.15 Å². The molecule has 0 aliphatic carbocycles. The zero-order valence-corrected chi connectivity index (χ0v) is 10.3. The van der Waals surface area contributed by atoms with Crippen molar-refractivity contribution >= 4 is 20.1 Å². The fourth-order valence-electron chi connectivity index (χ4n) is 1.28. The fraction of sp³-hybridized carbons (Fsp3) is 0.800. The van der Waals surface area contributed by atoms with Crippen molar-refractivity contribution in [3.63, 3.8) is 0 Å². The van der Waals surface area contributed by atoms with Crippen molar-refractivity contribution in [1.29, 1.82) is 0 Å². The fourth-order valence-corrected chi connectivity index (χ4v) is 2.99. The maximum Gasteiger partial charge on any atom is 0.306 e. The quantitative estimate of drug-likeness (QED) is 0.542. The van der Waals surface area contributed by atoms with Crippen LogP contribution in [0.15, 0.2) is 0 Å². The summed E-state index contributed by atoms with van der Waals surface area (Å²) in [5, 5.41) is 17.3. The van der Waals surface area contributed by atoms with Crippen molar-refractivity contribution in [3.8, 4) is 0 Å². The monoisotopic (exact) mass is 250 g/mol. The molecule has 0 aromatic carbocycles. The molecule has 0 aromatic rings. The molecular weight excluding hydrogens is 231 g/mol. The lowest BCUT2D eigenvalue weighted by atomic mass is 10.1. The molecule has 0 saturated carbocycles. The van der Waals surface area contributed by atoms with E-state index in [1.54, 1.807) is 0 Å². The van der Waals surface area contributed by atoms with E-state index in [0.717, 1.165) is 12.8 Å². The molecule has 94 valence electrons. The van der Waals surface area contributed by atoms with Crippen molar-refractivity contribution in [2.45, 2.75) is 32.6 Å². The van der Waals surface area contributed by atoms with Gasteiger partial charge in [-0.25, -0.2) is 0 Å². The molecule has 0 saturated heterocycles. The number of unbranched alkanes of at least 4 members (excludes halogenated alkanes) is 1. The Morgan fingerprint density at radius 2 is 1.94 bits per heavy atom. The van der Waals surface area contributed by atoms with E-state index in [1.807, 2.05) is 6.92 Å². The van der Waals surface area contributed by atoms with Gasteiger partial charge < -0.3 is 15.1 Å². The Balaban J connectivity index is 4.01. The molecule has 2 unspecified atom stereocenters. The van der Waals surface area contributed by atoms with Gasteiger partial charge in [0.1, 0.15) is 0 Å². The predicted molar refractivity (Wildman–Crippen MR) is 61.8 cm³/mol. The van der Waals surface area contributed by atoms with E-state index >= 15 is 0 Å². The van der Waals surface area contributed by atoms with Gasteiger partial charge >= 0.3 is 11.9 Å². The first-order chi connectivity index (χ1) is 7.47. The van der Waals surface area contributed by atoms with Crippen LogP contribution in [-0.2, 0) is 9.59 Å². The lowest BCUT2D eigenvalue weighted by Gasteiger charge is -2.15. The minimum atomic E-state index is -1.26. The van der Waals surface area contributed by atoms with E-state index in [4.69, 9.17) is 10.2 Å². The summed E-state index contributed by atoms with van der Waals surface area (Å²) in [6.45, 7) is 2.00. The molecule has 0 spiro atoms. The van der Waals surface area contributed by atoms with Gasteiger partial charge in [0.2, 0.25) is 0 Å². The number of hydrogen-bond acceptors (Lipinski definition) is 3. The van der Waals surface area contributed by atoms with Crippen LogP contribution < -0.4 is 0 Å². The van der Waals surface area contributed by atoms with Gasteiger partial charge in [-0.15, -0.1) is 0 Å². The Bertz CT molecular complexity index is 231. The van der Waals surface area contributed by atoms with Crippen LogP contribution in [0.25, 0.3) is 0 Å². The Morgan fingerprint density at radius 1 is 1.31 bits per heavy atom. The summed E-state index contributed by atoms with van der Waals surface area (Å²) in [6, 6.07) is 0. The smallest absolute Gasteiger partial charge is 0.306 e. The van der Waals surface area contributed by atoms with E-state index in [2.05, 4.69) is 0 Å². The number of hydrogen-bond donors (Lipinski definition) is 3. The molecule has 3 N–H and O–H groups in total. The predicted octanol–water partition coefficient (Wildman–Crippen LogP) is 1.74. The molecule has 0 fully saturated rings. The van der Waals surface area contributed by atoms with Crippen molar-refractivity contribution in [1.82, 2.24) is 0 Å². The minimum Gasteiger partial charge on any atom is -0.481 e. The topological polar surface area (TPSA) is 94.8 Å². The molecule has 16 heavy (non-hydrogen) atoms. The van der Waals surface area contributed by atoms with E-state index in [0.29, 0.717) is 6.16 Å². The lowest BCUT2D eigenvalue weighted by Crippen LogP contribution is -2.19. The molecule has 0 aliphatic heterocycles. The average Bonchev–Trinajstić information content (AvgIpc) is 2.20. The van der Waals surface area contributed by atoms with Crippen molar-refractivity contribution < 1.29 is 24.7 Å². The molecule has 0 amide bonds. The Labute approximate surface area is 96.3 Å². The van der Waals surface area contributed by atoms with Gasteiger partial charge in [0, 0.05) is 20.7 Å². The zero-order valence-electron chi connectivity index (χ0n) is 9.43. The van der Waals surface area contributed by atoms with Crippen LogP contribution in [0.1, 0.15) is 32.6 Å². The third-order valence-corrected chi connectivity index (χ3v) is 3.95. The molecule has 0 heterocycles. The Kier molecular flexibility index (Phi) is 8.12. The van der Waals surface area contributed by atoms with Gasteiger partial charge in [-0.2, -0.15) is 0 Å².